The van der Waals surface area contributed by atoms with Crippen molar-refractivity contribution in [3.63, 3.8) is 0 Å². The summed E-state index contributed by atoms with van der Waals surface area (Å²) in [5.41, 5.74) is 6.65. The second-order valence-electron chi connectivity index (χ2n) is 4.81. The Morgan fingerprint density at radius 2 is 2.11 bits per heavy atom. The summed E-state index contributed by atoms with van der Waals surface area (Å²) in [7, 11) is 1.79. The zero-order valence-corrected chi connectivity index (χ0v) is 12.1. The van der Waals surface area contributed by atoms with E-state index in [9.17, 15) is 4.79 Å². The summed E-state index contributed by atoms with van der Waals surface area (Å²) in [5, 5.41) is 0. The minimum Gasteiger partial charge on any atom is -0.493 e. The molecule has 1 unspecified atom stereocenters. The maximum absolute atomic E-state index is 11.8. The van der Waals surface area contributed by atoms with E-state index in [1.807, 2.05) is 38.1 Å². The van der Waals surface area contributed by atoms with Gasteiger partial charge in [0.2, 0.25) is 5.91 Å². The number of amides is 1. The number of nitrogens with zero attached hydrogens (tertiary/aromatic N) is 1. The summed E-state index contributed by atoms with van der Waals surface area (Å²) >= 11 is 0. The standard InChI is InChI=1S/C15H24N2O2/c1-12-7-4-5-8-14(12)19-10-6-9-15(18)17(3)13(2)11-16/h4-5,7-8,13H,6,9-11,16H2,1-3H3. The van der Waals surface area contributed by atoms with Crippen molar-refractivity contribution in [2.75, 3.05) is 20.2 Å². The highest BCUT2D eigenvalue weighted by atomic mass is 16.5. The zero-order chi connectivity index (χ0) is 14.3. The average molecular weight is 264 g/mol. The SMILES string of the molecule is Cc1ccccc1OCCCC(=O)N(C)C(C)CN. The quantitative estimate of drug-likeness (QED) is 0.766. The molecular formula is C15H24N2O2. The van der Waals surface area contributed by atoms with Gasteiger partial charge in [-0.05, 0) is 31.9 Å². The van der Waals surface area contributed by atoms with E-state index in [2.05, 4.69) is 0 Å². The highest BCUT2D eigenvalue weighted by molar-refractivity contribution is 5.76. The molecule has 1 aromatic carbocycles. The number of hydrogen-bond donors (Lipinski definition) is 1. The molecule has 1 atom stereocenters. The fourth-order valence-corrected chi connectivity index (χ4v) is 1.70. The van der Waals surface area contributed by atoms with Gasteiger partial charge in [0.05, 0.1) is 6.61 Å². The molecule has 0 fully saturated rings. The van der Waals surface area contributed by atoms with Gasteiger partial charge in [-0.3, -0.25) is 4.79 Å². The lowest BCUT2D eigenvalue weighted by Crippen LogP contribution is -2.39. The molecule has 19 heavy (non-hydrogen) atoms. The van der Waals surface area contributed by atoms with Crippen molar-refractivity contribution in [2.24, 2.45) is 5.73 Å². The number of benzene rings is 1. The molecule has 0 radical (unpaired) electrons. The Bertz CT molecular complexity index is 407. The molecule has 106 valence electrons. The van der Waals surface area contributed by atoms with Gasteiger partial charge >= 0.3 is 0 Å². The Hall–Kier alpha value is -1.55. The van der Waals surface area contributed by atoms with Crippen LogP contribution in [-0.2, 0) is 4.79 Å². The molecule has 0 aliphatic rings. The van der Waals surface area contributed by atoms with Gasteiger partial charge in [0.25, 0.3) is 0 Å². The summed E-state index contributed by atoms with van der Waals surface area (Å²) in [5.74, 6) is 1.00. The van der Waals surface area contributed by atoms with Crippen molar-refractivity contribution in [2.45, 2.75) is 32.7 Å². The lowest BCUT2D eigenvalue weighted by Gasteiger charge is -2.23. The van der Waals surface area contributed by atoms with Crippen LogP contribution >= 0.6 is 0 Å². The van der Waals surface area contributed by atoms with Crippen molar-refractivity contribution in [3.8, 4) is 5.75 Å². The van der Waals surface area contributed by atoms with Gasteiger partial charge in [0.1, 0.15) is 5.75 Å². The summed E-state index contributed by atoms with van der Waals surface area (Å²) in [6, 6.07) is 7.97. The van der Waals surface area contributed by atoms with Crippen LogP contribution in [0.4, 0.5) is 0 Å². The smallest absolute Gasteiger partial charge is 0.222 e. The molecule has 0 aliphatic carbocycles. The van der Waals surface area contributed by atoms with Gasteiger partial charge in [0.15, 0.2) is 0 Å². The Morgan fingerprint density at radius 3 is 2.74 bits per heavy atom. The normalized spacial score (nSPS) is 12.0. The summed E-state index contributed by atoms with van der Waals surface area (Å²) in [6.07, 6.45) is 1.21. The molecule has 0 bridgehead atoms. The number of carbonyl (C=O) groups excluding carboxylic acids is 1. The number of ether oxygens (including phenoxy) is 1. The van der Waals surface area contributed by atoms with E-state index >= 15 is 0 Å². The molecule has 0 heterocycles. The third-order valence-corrected chi connectivity index (χ3v) is 3.28. The van der Waals surface area contributed by atoms with E-state index < -0.39 is 0 Å². The number of aryl methyl sites for hydroxylation is 1. The van der Waals surface area contributed by atoms with Crippen LogP contribution in [0.2, 0.25) is 0 Å². The first kappa shape index (κ1) is 15.5. The van der Waals surface area contributed by atoms with Crippen LogP contribution < -0.4 is 10.5 Å². The van der Waals surface area contributed by atoms with Gasteiger partial charge < -0.3 is 15.4 Å². The van der Waals surface area contributed by atoms with Gasteiger partial charge in [-0.25, -0.2) is 0 Å². The lowest BCUT2D eigenvalue weighted by molar-refractivity contribution is -0.131. The molecule has 1 aromatic rings. The van der Waals surface area contributed by atoms with Crippen LogP contribution in [-0.4, -0.2) is 37.0 Å². The predicted molar refractivity (Wildman–Crippen MR) is 77.2 cm³/mol. The number of para-hydroxylation sites is 1. The number of hydrogen-bond acceptors (Lipinski definition) is 3. The third-order valence-electron chi connectivity index (χ3n) is 3.28. The number of rotatable bonds is 7. The molecule has 4 heteroatoms. The minimum atomic E-state index is 0.0878. The number of nitrogens with two attached hydrogens (primary N) is 1. The molecule has 0 saturated carbocycles. The van der Waals surface area contributed by atoms with E-state index in [-0.39, 0.29) is 11.9 Å². The molecule has 0 spiro atoms. The minimum absolute atomic E-state index is 0.0878. The summed E-state index contributed by atoms with van der Waals surface area (Å²) in [4.78, 5) is 13.5. The van der Waals surface area contributed by atoms with Gasteiger partial charge in [-0.15, -0.1) is 0 Å². The third kappa shape index (κ3) is 4.91. The maximum Gasteiger partial charge on any atom is 0.222 e. The van der Waals surface area contributed by atoms with E-state index in [1.165, 1.54) is 0 Å². The van der Waals surface area contributed by atoms with Crippen LogP contribution in [0.3, 0.4) is 0 Å². The first-order chi connectivity index (χ1) is 9.06. The molecule has 1 rings (SSSR count). The summed E-state index contributed by atoms with van der Waals surface area (Å²) in [6.45, 7) is 5.00. The zero-order valence-electron chi connectivity index (χ0n) is 12.1. The lowest BCUT2D eigenvalue weighted by atomic mass is 10.2. The molecule has 4 nitrogen and oxygen atoms in total. The molecule has 2 N–H and O–H groups in total. The van der Waals surface area contributed by atoms with E-state index in [0.29, 0.717) is 19.6 Å². The van der Waals surface area contributed by atoms with Gasteiger partial charge in [0, 0.05) is 26.1 Å². The molecular weight excluding hydrogens is 240 g/mol. The topological polar surface area (TPSA) is 55.6 Å². The highest BCUT2D eigenvalue weighted by Crippen LogP contribution is 2.16. The molecule has 0 aromatic heterocycles. The maximum atomic E-state index is 11.8. The average Bonchev–Trinajstić information content (AvgIpc) is 2.43. The second kappa shape index (κ2) is 7.79. The van der Waals surface area contributed by atoms with Crippen molar-refractivity contribution in [1.82, 2.24) is 4.90 Å². The van der Waals surface area contributed by atoms with Crippen LogP contribution in [0.1, 0.15) is 25.3 Å². The molecule has 0 saturated heterocycles. The highest BCUT2D eigenvalue weighted by Gasteiger charge is 2.13. The second-order valence-corrected chi connectivity index (χ2v) is 4.81. The van der Waals surface area contributed by atoms with Gasteiger partial charge in [-0.1, -0.05) is 18.2 Å². The van der Waals surface area contributed by atoms with Crippen molar-refractivity contribution in [3.05, 3.63) is 29.8 Å². The number of likely N-dealkylation sites (N-methyl/N-ethyl adjacent to an activating group) is 1. The Balaban J connectivity index is 2.28. The predicted octanol–water partition coefficient (Wildman–Crippen LogP) is 1.96. The van der Waals surface area contributed by atoms with Crippen LogP contribution in [0, 0.1) is 6.92 Å². The van der Waals surface area contributed by atoms with Crippen LogP contribution in [0.5, 0.6) is 5.75 Å². The Kier molecular flexibility index (Phi) is 6.36. The van der Waals surface area contributed by atoms with E-state index in [0.717, 1.165) is 17.7 Å². The van der Waals surface area contributed by atoms with Crippen molar-refractivity contribution < 1.29 is 9.53 Å². The van der Waals surface area contributed by atoms with E-state index in [1.54, 1.807) is 11.9 Å². The Labute approximate surface area is 115 Å². The molecule has 0 aliphatic heterocycles. The monoisotopic (exact) mass is 264 g/mol. The largest absolute Gasteiger partial charge is 0.493 e. The first-order valence-electron chi connectivity index (χ1n) is 6.70. The van der Waals surface area contributed by atoms with Crippen LogP contribution in [0.15, 0.2) is 24.3 Å². The van der Waals surface area contributed by atoms with Crippen molar-refractivity contribution in [1.29, 1.82) is 0 Å². The van der Waals surface area contributed by atoms with E-state index in [4.69, 9.17) is 10.5 Å². The van der Waals surface area contributed by atoms with Crippen LogP contribution in [0.25, 0.3) is 0 Å². The summed E-state index contributed by atoms with van der Waals surface area (Å²) < 4.78 is 5.66. The van der Waals surface area contributed by atoms with Gasteiger partial charge in [-0.2, -0.15) is 0 Å². The fraction of sp³-hybridized carbons (Fsp3) is 0.533. The molecule has 1 amide bonds. The number of carbonyl (C=O) groups is 1. The Morgan fingerprint density at radius 1 is 1.42 bits per heavy atom. The first-order valence-corrected chi connectivity index (χ1v) is 6.70. The van der Waals surface area contributed by atoms with Crippen molar-refractivity contribution >= 4 is 5.91 Å². The fourth-order valence-electron chi connectivity index (χ4n) is 1.70.